The largest absolute Gasteiger partial charge is 0.481 e. The Kier molecular flexibility index (Phi) is 3.93. The van der Waals surface area contributed by atoms with Crippen LogP contribution < -0.4 is 5.32 Å². The van der Waals surface area contributed by atoms with Gasteiger partial charge in [-0.1, -0.05) is 0 Å². The van der Waals surface area contributed by atoms with Gasteiger partial charge in [0.05, 0.1) is 17.7 Å². The van der Waals surface area contributed by atoms with E-state index >= 15 is 0 Å². The fourth-order valence-electron chi connectivity index (χ4n) is 1.14. The topological polar surface area (TPSA) is 49.3 Å². The van der Waals surface area contributed by atoms with Crippen molar-refractivity contribution >= 4 is 11.7 Å². The van der Waals surface area contributed by atoms with E-state index in [0.717, 1.165) is 12.1 Å². The Bertz CT molecular complexity index is 417. The standard InChI is InChI=1S/C10H9F4NO2/c11-7-5-6(10(12,13)14)1-2-8(7)15-4-3-9(16)17/h1-2,5,15H,3-4H2,(H,16,17). The number of hydrogen-bond acceptors (Lipinski definition) is 2. The third kappa shape index (κ3) is 3.93. The zero-order valence-corrected chi connectivity index (χ0v) is 8.51. The molecule has 1 aromatic rings. The molecule has 0 aliphatic carbocycles. The highest BCUT2D eigenvalue weighted by molar-refractivity contribution is 5.67. The molecular formula is C10H9F4NO2. The maximum absolute atomic E-state index is 13.2. The summed E-state index contributed by atoms with van der Waals surface area (Å²) in [5, 5.41) is 10.7. The summed E-state index contributed by atoms with van der Waals surface area (Å²) in [6.07, 6.45) is -4.85. The molecule has 1 aromatic carbocycles. The first-order chi connectivity index (χ1) is 7.80. The zero-order chi connectivity index (χ0) is 13.1. The predicted molar refractivity (Wildman–Crippen MR) is 52.1 cm³/mol. The minimum Gasteiger partial charge on any atom is -0.481 e. The minimum absolute atomic E-state index is 0.0579. The van der Waals surface area contributed by atoms with E-state index in [0.29, 0.717) is 6.07 Å². The van der Waals surface area contributed by atoms with Crippen molar-refractivity contribution in [1.82, 2.24) is 0 Å². The molecule has 0 saturated heterocycles. The third-order valence-electron chi connectivity index (χ3n) is 1.95. The number of carbonyl (C=O) groups is 1. The predicted octanol–water partition coefficient (Wildman–Crippen LogP) is 2.73. The van der Waals surface area contributed by atoms with Crippen molar-refractivity contribution in [2.75, 3.05) is 11.9 Å². The molecule has 0 bridgehead atoms. The second-order valence-electron chi connectivity index (χ2n) is 3.26. The van der Waals surface area contributed by atoms with Crippen LogP contribution in [0.25, 0.3) is 0 Å². The summed E-state index contributed by atoms with van der Waals surface area (Å²) < 4.78 is 49.8. The Morgan fingerprint density at radius 1 is 1.35 bits per heavy atom. The van der Waals surface area contributed by atoms with Crippen LogP contribution in [0.4, 0.5) is 23.2 Å². The molecule has 0 spiro atoms. The maximum Gasteiger partial charge on any atom is 0.416 e. The highest BCUT2D eigenvalue weighted by Crippen LogP contribution is 2.31. The molecule has 0 saturated carbocycles. The molecule has 94 valence electrons. The molecule has 3 nitrogen and oxygen atoms in total. The van der Waals surface area contributed by atoms with Crippen molar-refractivity contribution in [2.45, 2.75) is 12.6 Å². The lowest BCUT2D eigenvalue weighted by Gasteiger charge is -2.10. The maximum atomic E-state index is 13.2. The summed E-state index contributed by atoms with van der Waals surface area (Å²) in [5.74, 6) is -2.14. The van der Waals surface area contributed by atoms with E-state index < -0.39 is 23.5 Å². The number of benzene rings is 1. The number of anilines is 1. The van der Waals surface area contributed by atoms with Gasteiger partial charge in [-0.3, -0.25) is 4.79 Å². The van der Waals surface area contributed by atoms with Crippen LogP contribution in [-0.2, 0) is 11.0 Å². The molecule has 0 amide bonds. The Morgan fingerprint density at radius 3 is 2.47 bits per heavy atom. The summed E-state index contributed by atoms with van der Waals surface area (Å²) >= 11 is 0. The Balaban J connectivity index is 2.73. The lowest BCUT2D eigenvalue weighted by atomic mass is 10.2. The SMILES string of the molecule is O=C(O)CCNc1ccc(C(F)(F)F)cc1F. The van der Waals surface area contributed by atoms with Gasteiger partial charge in [-0.25, -0.2) is 4.39 Å². The minimum atomic E-state index is -4.60. The number of rotatable bonds is 4. The molecule has 17 heavy (non-hydrogen) atoms. The summed E-state index contributed by atoms with van der Waals surface area (Å²) in [4.78, 5) is 10.2. The lowest BCUT2D eigenvalue weighted by molar-refractivity contribution is -0.138. The van der Waals surface area contributed by atoms with Crippen LogP contribution in [0, 0.1) is 5.82 Å². The van der Waals surface area contributed by atoms with Crippen molar-refractivity contribution in [2.24, 2.45) is 0 Å². The van der Waals surface area contributed by atoms with Crippen LogP contribution >= 0.6 is 0 Å². The van der Waals surface area contributed by atoms with E-state index in [2.05, 4.69) is 5.32 Å². The van der Waals surface area contributed by atoms with E-state index in [-0.39, 0.29) is 18.7 Å². The van der Waals surface area contributed by atoms with Gasteiger partial charge in [0, 0.05) is 6.54 Å². The van der Waals surface area contributed by atoms with Crippen molar-refractivity contribution in [1.29, 1.82) is 0 Å². The summed E-state index contributed by atoms with van der Waals surface area (Å²) in [6, 6.07) is 2.02. The summed E-state index contributed by atoms with van der Waals surface area (Å²) in [5.41, 5.74) is -1.24. The first-order valence-corrected chi connectivity index (χ1v) is 4.63. The average Bonchev–Trinajstić information content (AvgIpc) is 2.18. The van der Waals surface area contributed by atoms with Gasteiger partial charge in [0.15, 0.2) is 0 Å². The second kappa shape index (κ2) is 5.03. The van der Waals surface area contributed by atoms with Gasteiger partial charge in [-0.15, -0.1) is 0 Å². The van der Waals surface area contributed by atoms with Crippen LogP contribution in [0.5, 0.6) is 0 Å². The highest BCUT2D eigenvalue weighted by atomic mass is 19.4. The molecule has 7 heteroatoms. The van der Waals surface area contributed by atoms with Gasteiger partial charge >= 0.3 is 12.1 Å². The molecule has 0 aromatic heterocycles. The van der Waals surface area contributed by atoms with Crippen molar-refractivity contribution < 1.29 is 27.5 Å². The second-order valence-corrected chi connectivity index (χ2v) is 3.26. The first kappa shape index (κ1) is 13.3. The van der Waals surface area contributed by atoms with Crippen LogP contribution in [-0.4, -0.2) is 17.6 Å². The van der Waals surface area contributed by atoms with Crippen LogP contribution in [0.1, 0.15) is 12.0 Å². The van der Waals surface area contributed by atoms with E-state index in [9.17, 15) is 22.4 Å². The monoisotopic (exact) mass is 251 g/mol. The van der Waals surface area contributed by atoms with Gasteiger partial charge < -0.3 is 10.4 Å². The highest BCUT2D eigenvalue weighted by Gasteiger charge is 2.31. The van der Waals surface area contributed by atoms with E-state index in [4.69, 9.17) is 5.11 Å². The molecule has 1 rings (SSSR count). The quantitative estimate of drug-likeness (QED) is 0.809. The number of hydrogen-bond donors (Lipinski definition) is 2. The fourth-order valence-corrected chi connectivity index (χ4v) is 1.14. The van der Waals surface area contributed by atoms with Crippen LogP contribution in [0.15, 0.2) is 18.2 Å². The number of carboxylic acid groups (broad SMARTS) is 1. The summed E-state index contributed by atoms with van der Waals surface area (Å²) in [6.45, 7) is -0.0579. The normalized spacial score (nSPS) is 11.3. The molecule has 0 radical (unpaired) electrons. The van der Waals surface area contributed by atoms with Crippen molar-refractivity contribution in [3.63, 3.8) is 0 Å². The van der Waals surface area contributed by atoms with Crippen molar-refractivity contribution in [3.8, 4) is 0 Å². The van der Waals surface area contributed by atoms with Gasteiger partial charge in [0.1, 0.15) is 5.82 Å². The fraction of sp³-hybridized carbons (Fsp3) is 0.300. The molecule has 0 heterocycles. The average molecular weight is 251 g/mol. The zero-order valence-electron chi connectivity index (χ0n) is 8.51. The first-order valence-electron chi connectivity index (χ1n) is 4.63. The number of alkyl halides is 3. The van der Waals surface area contributed by atoms with Gasteiger partial charge in [0.2, 0.25) is 0 Å². The number of nitrogens with one attached hydrogen (secondary N) is 1. The molecule has 0 fully saturated rings. The summed E-state index contributed by atoms with van der Waals surface area (Å²) in [7, 11) is 0. The van der Waals surface area contributed by atoms with E-state index in [1.165, 1.54) is 0 Å². The van der Waals surface area contributed by atoms with Crippen LogP contribution in [0.3, 0.4) is 0 Å². The van der Waals surface area contributed by atoms with E-state index in [1.807, 2.05) is 0 Å². The molecule has 2 N–H and O–H groups in total. The van der Waals surface area contributed by atoms with Crippen LogP contribution in [0.2, 0.25) is 0 Å². The number of aliphatic carboxylic acids is 1. The third-order valence-corrected chi connectivity index (χ3v) is 1.95. The Labute approximate surface area is 94.1 Å². The van der Waals surface area contributed by atoms with Gasteiger partial charge in [-0.05, 0) is 18.2 Å². The number of halogens is 4. The van der Waals surface area contributed by atoms with Crippen molar-refractivity contribution in [3.05, 3.63) is 29.6 Å². The Hall–Kier alpha value is -1.79. The van der Waals surface area contributed by atoms with E-state index in [1.54, 1.807) is 0 Å². The Morgan fingerprint density at radius 2 is 2.00 bits per heavy atom. The number of carboxylic acids is 1. The smallest absolute Gasteiger partial charge is 0.416 e. The van der Waals surface area contributed by atoms with Gasteiger partial charge in [0.25, 0.3) is 0 Å². The molecular weight excluding hydrogens is 242 g/mol. The molecule has 0 atom stereocenters. The molecule has 0 aliphatic heterocycles. The molecule has 0 aliphatic rings. The lowest BCUT2D eigenvalue weighted by Crippen LogP contribution is -2.10. The van der Waals surface area contributed by atoms with Gasteiger partial charge in [-0.2, -0.15) is 13.2 Å². The molecule has 0 unspecified atom stereocenters.